The summed E-state index contributed by atoms with van der Waals surface area (Å²) in [6.45, 7) is 9.21. The summed E-state index contributed by atoms with van der Waals surface area (Å²) < 4.78 is 4.07. The number of carbonyl (C=O) groups excluding carboxylic acids is 4. The lowest BCUT2D eigenvalue weighted by Gasteiger charge is -2.35. The molecule has 0 unspecified atom stereocenters. The second-order valence-electron chi connectivity index (χ2n) is 14.4. The lowest BCUT2D eigenvalue weighted by atomic mass is 9.78. The third-order valence-corrected chi connectivity index (χ3v) is 10.4. The number of ether oxygens (including phenoxy) is 1. The van der Waals surface area contributed by atoms with Gasteiger partial charge in [-0.05, 0) is 68.0 Å². The average Bonchev–Trinajstić information content (AvgIpc) is 3.12. The molecule has 1 aromatic heterocycles. The van der Waals surface area contributed by atoms with Crippen LogP contribution in [0.25, 0.3) is 11.3 Å². The van der Waals surface area contributed by atoms with Gasteiger partial charge in [0, 0.05) is 22.5 Å². The van der Waals surface area contributed by atoms with Gasteiger partial charge in [0.2, 0.25) is 11.8 Å². The summed E-state index contributed by atoms with van der Waals surface area (Å²) in [5.41, 5.74) is 2.87. The lowest BCUT2D eigenvalue weighted by molar-refractivity contribution is -0.149. The van der Waals surface area contributed by atoms with Gasteiger partial charge in [-0.2, -0.15) is 17.7 Å². The fraction of sp³-hybridized carbons (Fsp3) is 0.462. The highest BCUT2D eigenvalue weighted by Crippen LogP contribution is 2.30. The van der Waals surface area contributed by atoms with E-state index in [-0.39, 0.29) is 19.3 Å². The zero-order chi connectivity index (χ0) is 38.5. The molecule has 2 aromatic carbocycles. The minimum Gasteiger partial charge on any atom is -0.453 e. The maximum atomic E-state index is 13.9. The van der Waals surface area contributed by atoms with Crippen molar-refractivity contribution < 1.29 is 33.9 Å². The number of aromatic nitrogens is 1. The predicted octanol–water partition coefficient (Wildman–Crippen LogP) is 4.59. The van der Waals surface area contributed by atoms with Gasteiger partial charge in [0.25, 0.3) is 0 Å². The molecule has 6 N–H and O–H groups in total. The molecule has 5 atom stereocenters. The van der Waals surface area contributed by atoms with Crippen LogP contribution in [0.5, 0.6) is 0 Å². The Balaban J connectivity index is 1.97. The summed E-state index contributed by atoms with van der Waals surface area (Å²) in [6, 6.07) is 20.4. The first-order valence-electron chi connectivity index (χ1n) is 17.2. The molecule has 0 aliphatic heterocycles. The fourth-order valence-corrected chi connectivity index (χ4v) is 6.26. The number of pyridine rings is 1. The number of hydrogen-bond acceptors (Lipinski definition) is 10. The Morgan fingerprint density at radius 1 is 0.846 bits per heavy atom. The molecule has 0 bridgehead atoms. The van der Waals surface area contributed by atoms with Crippen molar-refractivity contribution in [1.82, 2.24) is 20.9 Å². The van der Waals surface area contributed by atoms with Crippen LogP contribution in [-0.4, -0.2) is 76.3 Å². The largest absolute Gasteiger partial charge is 0.453 e. The molecule has 12 nitrogen and oxygen atoms in total. The number of aliphatic hydroxyl groups excluding tert-OH is 1. The van der Waals surface area contributed by atoms with Gasteiger partial charge >= 0.3 is 12.1 Å². The quantitative estimate of drug-likeness (QED) is 0.123. The van der Waals surface area contributed by atoms with Gasteiger partial charge < -0.3 is 30.6 Å². The number of alkyl carbamates (subject to hydrolysis) is 1. The summed E-state index contributed by atoms with van der Waals surface area (Å²) in [4.78, 5) is 61.1. The molecular formula is C39H53N5O7S. The van der Waals surface area contributed by atoms with E-state index < -0.39 is 64.2 Å². The number of amides is 3. The first-order chi connectivity index (χ1) is 24.6. The number of hydrogen-bond donors (Lipinski definition) is 5. The van der Waals surface area contributed by atoms with Gasteiger partial charge in [0.05, 0.1) is 37.3 Å². The molecule has 3 aromatic rings. The minimum absolute atomic E-state index is 0.0464. The first kappa shape index (κ1) is 42.0. The van der Waals surface area contributed by atoms with Crippen LogP contribution in [0.1, 0.15) is 58.6 Å². The zero-order valence-corrected chi connectivity index (χ0v) is 31.9. The van der Waals surface area contributed by atoms with Crippen LogP contribution in [-0.2, 0) is 36.8 Å². The third kappa shape index (κ3) is 12.6. The van der Waals surface area contributed by atoms with Crippen molar-refractivity contribution in [3.8, 4) is 11.3 Å². The van der Waals surface area contributed by atoms with E-state index >= 15 is 0 Å². The minimum atomic E-state index is -1.15. The zero-order valence-electron chi connectivity index (χ0n) is 31.1. The number of thioether (sulfide) groups is 1. The highest BCUT2D eigenvalue weighted by Gasteiger charge is 2.39. The normalized spacial score (nSPS) is 14.6. The van der Waals surface area contributed by atoms with E-state index in [1.807, 2.05) is 114 Å². The van der Waals surface area contributed by atoms with Crippen molar-refractivity contribution in [2.24, 2.45) is 17.2 Å². The lowest BCUT2D eigenvalue weighted by Crippen LogP contribution is -2.60. The fourth-order valence-electron chi connectivity index (χ4n) is 5.85. The van der Waals surface area contributed by atoms with Crippen molar-refractivity contribution in [2.45, 2.75) is 89.3 Å². The van der Waals surface area contributed by atoms with Crippen LogP contribution < -0.4 is 21.8 Å². The average molecular weight is 736 g/mol. The standard InChI is InChI=1S/C39H53N5O7S/c1-38(2,3)29(24-33(46)51-40)35(47)42-28(21-26-16-18-27(19-17-26)30-15-11-12-20-41-30)23-32(45)31(22-25-13-9-8-10-14-25)43-36(48)34(39(4,5)52-7)44-37(49)50-6/h8-20,28-29,31-32,34,45H,21-24,40H2,1-7H3,(H,42,47)(H,43,48)(H,44,49)/t28-,29+,31-,32-,34+/m0/s1. The Bertz CT molecular complexity index is 1600. The van der Waals surface area contributed by atoms with E-state index in [4.69, 9.17) is 10.6 Å². The van der Waals surface area contributed by atoms with Crippen LogP contribution in [0.2, 0.25) is 0 Å². The summed E-state index contributed by atoms with van der Waals surface area (Å²) in [5.74, 6) is 2.74. The highest BCUT2D eigenvalue weighted by atomic mass is 32.2. The van der Waals surface area contributed by atoms with E-state index in [0.717, 1.165) is 22.4 Å². The Morgan fingerprint density at radius 3 is 2.04 bits per heavy atom. The SMILES string of the molecule is COC(=O)N[C@H](C(=O)N[C@@H](Cc1ccccc1)[C@@H](O)C[C@H](Cc1ccc(-c2ccccn2)cc1)NC(=O)[C@@H](CC(=O)ON)C(C)(C)C)C(C)(C)SC. The number of nitrogens with two attached hydrogens (primary N) is 1. The van der Waals surface area contributed by atoms with Crippen molar-refractivity contribution in [3.63, 3.8) is 0 Å². The predicted molar refractivity (Wildman–Crippen MR) is 203 cm³/mol. The van der Waals surface area contributed by atoms with Crippen molar-refractivity contribution >= 4 is 35.6 Å². The molecule has 0 aliphatic rings. The van der Waals surface area contributed by atoms with E-state index in [0.29, 0.717) is 6.42 Å². The van der Waals surface area contributed by atoms with Gasteiger partial charge in [-0.1, -0.05) is 81.4 Å². The van der Waals surface area contributed by atoms with Gasteiger partial charge in [0.1, 0.15) is 6.04 Å². The number of benzene rings is 2. The van der Waals surface area contributed by atoms with Gasteiger partial charge in [0.15, 0.2) is 0 Å². The second kappa shape index (κ2) is 19.4. The Hall–Kier alpha value is -4.46. The maximum absolute atomic E-state index is 13.9. The van der Waals surface area contributed by atoms with Crippen LogP contribution in [0, 0.1) is 11.3 Å². The van der Waals surface area contributed by atoms with E-state index in [9.17, 15) is 24.3 Å². The van der Waals surface area contributed by atoms with Crippen molar-refractivity contribution in [1.29, 1.82) is 0 Å². The van der Waals surface area contributed by atoms with Crippen LogP contribution in [0.4, 0.5) is 4.79 Å². The van der Waals surface area contributed by atoms with Gasteiger partial charge in [-0.3, -0.25) is 19.4 Å². The number of aliphatic hydroxyl groups is 1. The molecule has 0 spiro atoms. The van der Waals surface area contributed by atoms with Crippen LogP contribution >= 0.6 is 11.8 Å². The van der Waals surface area contributed by atoms with Crippen LogP contribution in [0.15, 0.2) is 79.0 Å². The molecule has 0 aliphatic carbocycles. The highest BCUT2D eigenvalue weighted by molar-refractivity contribution is 8.00. The molecule has 282 valence electrons. The molecule has 0 fully saturated rings. The Kier molecular flexibility index (Phi) is 15.7. The van der Waals surface area contributed by atoms with Crippen molar-refractivity contribution in [2.75, 3.05) is 13.4 Å². The Morgan fingerprint density at radius 2 is 1.48 bits per heavy atom. The van der Waals surface area contributed by atoms with Crippen LogP contribution in [0.3, 0.4) is 0 Å². The Labute approximate surface area is 311 Å². The number of nitrogens with zero attached hydrogens (tertiary/aromatic N) is 1. The number of nitrogens with one attached hydrogen (secondary N) is 3. The smallest absolute Gasteiger partial charge is 0.407 e. The van der Waals surface area contributed by atoms with Crippen molar-refractivity contribution in [3.05, 3.63) is 90.1 Å². The maximum Gasteiger partial charge on any atom is 0.407 e. The van der Waals surface area contributed by atoms with E-state index in [1.54, 1.807) is 6.20 Å². The summed E-state index contributed by atoms with van der Waals surface area (Å²) in [6.07, 6.45) is 2.07. The van der Waals surface area contributed by atoms with Gasteiger partial charge in [-0.15, -0.1) is 0 Å². The van der Waals surface area contributed by atoms with Gasteiger partial charge in [-0.25, -0.2) is 4.79 Å². The summed E-state index contributed by atoms with van der Waals surface area (Å²) in [5, 5.41) is 20.7. The molecule has 13 heteroatoms. The molecule has 3 rings (SSSR count). The monoisotopic (exact) mass is 735 g/mol. The second-order valence-corrected chi connectivity index (χ2v) is 15.9. The molecule has 3 amide bonds. The molecule has 52 heavy (non-hydrogen) atoms. The summed E-state index contributed by atoms with van der Waals surface area (Å²) in [7, 11) is 1.22. The number of carbonyl (C=O) groups is 4. The summed E-state index contributed by atoms with van der Waals surface area (Å²) >= 11 is 1.40. The molecule has 1 heterocycles. The number of methoxy groups -OCH3 is 1. The molecular weight excluding hydrogens is 683 g/mol. The first-order valence-corrected chi connectivity index (χ1v) is 18.4. The van der Waals surface area contributed by atoms with E-state index in [1.165, 1.54) is 18.9 Å². The third-order valence-electron chi connectivity index (χ3n) is 9.15. The molecule has 0 saturated heterocycles. The van der Waals surface area contributed by atoms with E-state index in [2.05, 4.69) is 25.8 Å². The topological polar surface area (TPSA) is 182 Å². The number of rotatable bonds is 17. The molecule has 0 radical (unpaired) electrons. The molecule has 0 saturated carbocycles.